The molecule has 2 aliphatic heterocycles. The number of carbonyl (C=O) groups is 1. The minimum atomic E-state index is 0.0932. The van der Waals surface area contributed by atoms with Gasteiger partial charge in [-0.25, -0.2) is 0 Å². The van der Waals surface area contributed by atoms with Crippen molar-refractivity contribution in [2.45, 2.75) is 26.3 Å². The summed E-state index contributed by atoms with van der Waals surface area (Å²) in [5.41, 5.74) is 1.43. The third-order valence-electron chi connectivity index (χ3n) is 5.48. The van der Waals surface area contributed by atoms with Gasteiger partial charge in [-0.3, -0.25) is 9.79 Å². The lowest BCUT2D eigenvalue weighted by Gasteiger charge is -2.26. The number of benzene rings is 1. The highest BCUT2D eigenvalue weighted by Gasteiger charge is 2.42. The van der Waals surface area contributed by atoms with Crippen LogP contribution in [0.4, 0.5) is 0 Å². The van der Waals surface area contributed by atoms with Gasteiger partial charge >= 0.3 is 0 Å². The maximum absolute atomic E-state index is 12.6. The number of aliphatic imine (C=N–C) groups is 1. The number of likely N-dealkylation sites (tertiary alicyclic amines) is 1. The van der Waals surface area contributed by atoms with Crippen LogP contribution in [0.1, 0.15) is 25.3 Å². The van der Waals surface area contributed by atoms with Crippen molar-refractivity contribution < 1.29 is 9.53 Å². The normalized spacial score (nSPS) is 22.8. The number of hydrogen-bond donors (Lipinski definition) is 1. The Balaban J connectivity index is 1.52. The lowest BCUT2D eigenvalue weighted by atomic mass is 9.87. The van der Waals surface area contributed by atoms with Crippen LogP contribution in [-0.2, 0) is 16.1 Å². The second-order valence-corrected chi connectivity index (χ2v) is 7.27. The number of guanidine groups is 1. The predicted molar refractivity (Wildman–Crippen MR) is 103 cm³/mol. The lowest BCUT2D eigenvalue weighted by molar-refractivity contribution is -0.130. The summed E-state index contributed by atoms with van der Waals surface area (Å²) < 4.78 is 5.60. The van der Waals surface area contributed by atoms with Crippen LogP contribution in [0.5, 0.6) is 0 Å². The molecule has 0 aliphatic carbocycles. The molecule has 1 N–H and O–H groups in total. The van der Waals surface area contributed by atoms with Crippen molar-refractivity contribution in [1.82, 2.24) is 15.1 Å². The average Bonchev–Trinajstić information content (AvgIpc) is 3.31. The number of amides is 1. The molecule has 0 radical (unpaired) electrons. The molecule has 1 unspecified atom stereocenters. The summed E-state index contributed by atoms with van der Waals surface area (Å²) in [5.74, 6) is 0.911. The number of nitrogens with one attached hydrogen (secondary N) is 1. The molecule has 142 valence electrons. The fourth-order valence-electron chi connectivity index (χ4n) is 3.87. The molecule has 0 bridgehead atoms. The third kappa shape index (κ3) is 4.36. The number of ether oxygens (including phenoxy) is 1. The molecule has 2 aliphatic rings. The van der Waals surface area contributed by atoms with E-state index in [-0.39, 0.29) is 17.9 Å². The van der Waals surface area contributed by atoms with Gasteiger partial charge in [0.2, 0.25) is 5.91 Å². The predicted octanol–water partition coefficient (Wildman–Crippen LogP) is 1.72. The van der Waals surface area contributed by atoms with Crippen LogP contribution in [0.25, 0.3) is 0 Å². The first-order valence-corrected chi connectivity index (χ1v) is 9.51. The smallest absolute Gasteiger partial charge is 0.242 e. The van der Waals surface area contributed by atoms with Crippen LogP contribution in [0.15, 0.2) is 35.3 Å². The second-order valence-electron chi connectivity index (χ2n) is 7.27. The van der Waals surface area contributed by atoms with Crippen LogP contribution < -0.4 is 5.32 Å². The van der Waals surface area contributed by atoms with Gasteiger partial charge in [-0.2, -0.15) is 0 Å². The van der Waals surface area contributed by atoms with Crippen molar-refractivity contribution in [2.24, 2.45) is 10.4 Å². The van der Waals surface area contributed by atoms with Gasteiger partial charge in [0.05, 0.1) is 13.2 Å². The number of nitrogens with zero attached hydrogens (tertiary/aromatic N) is 3. The Morgan fingerprint density at radius 1 is 1.35 bits per heavy atom. The van der Waals surface area contributed by atoms with E-state index >= 15 is 0 Å². The Labute approximate surface area is 156 Å². The molecule has 3 rings (SSSR count). The summed E-state index contributed by atoms with van der Waals surface area (Å²) in [6, 6.07) is 10.1. The standard InChI is InChI=1S/C20H30N4O2/c1-3-23(14-17-7-5-4-6-8-17)18(25)13-22-19(21-2)24-11-9-20(15-24)10-12-26-16-20/h4-8H,3,9-16H2,1-2H3,(H,21,22). The van der Waals surface area contributed by atoms with Gasteiger partial charge in [0, 0.05) is 45.2 Å². The Bertz CT molecular complexity index is 626. The summed E-state index contributed by atoms with van der Waals surface area (Å²) in [6.45, 7) is 7.26. The number of carbonyl (C=O) groups excluding carboxylic acids is 1. The lowest BCUT2D eigenvalue weighted by Crippen LogP contribution is -2.46. The van der Waals surface area contributed by atoms with Crippen molar-refractivity contribution in [1.29, 1.82) is 0 Å². The third-order valence-corrected chi connectivity index (χ3v) is 5.48. The van der Waals surface area contributed by atoms with Crippen molar-refractivity contribution in [3.8, 4) is 0 Å². The van der Waals surface area contributed by atoms with E-state index in [1.165, 1.54) is 0 Å². The van der Waals surface area contributed by atoms with E-state index < -0.39 is 0 Å². The molecule has 0 aromatic heterocycles. The summed E-state index contributed by atoms with van der Waals surface area (Å²) >= 11 is 0. The van der Waals surface area contributed by atoms with Crippen LogP contribution >= 0.6 is 0 Å². The first kappa shape index (κ1) is 18.7. The largest absolute Gasteiger partial charge is 0.381 e. The number of likely N-dealkylation sites (N-methyl/N-ethyl adjacent to an activating group) is 1. The Morgan fingerprint density at radius 3 is 2.81 bits per heavy atom. The number of rotatable bonds is 5. The summed E-state index contributed by atoms with van der Waals surface area (Å²) in [4.78, 5) is 21.1. The second kappa shape index (κ2) is 8.54. The quantitative estimate of drug-likeness (QED) is 0.643. The molecular formula is C20H30N4O2. The summed E-state index contributed by atoms with van der Waals surface area (Å²) in [7, 11) is 1.78. The van der Waals surface area contributed by atoms with Gasteiger partial charge in [0.1, 0.15) is 0 Å². The fourth-order valence-corrected chi connectivity index (χ4v) is 3.87. The zero-order valence-corrected chi connectivity index (χ0v) is 15.9. The zero-order valence-electron chi connectivity index (χ0n) is 15.9. The zero-order chi connectivity index (χ0) is 18.4. The summed E-state index contributed by atoms with van der Waals surface area (Å²) in [6.07, 6.45) is 2.26. The highest BCUT2D eigenvalue weighted by molar-refractivity contribution is 5.86. The monoisotopic (exact) mass is 358 g/mol. The summed E-state index contributed by atoms with van der Waals surface area (Å²) in [5, 5.41) is 3.26. The van der Waals surface area contributed by atoms with Gasteiger partial charge in [0.15, 0.2) is 5.96 Å². The molecule has 6 heteroatoms. The molecule has 0 saturated carbocycles. The van der Waals surface area contributed by atoms with E-state index in [1.54, 1.807) is 7.05 Å². The number of hydrogen-bond acceptors (Lipinski definition) is 3. The fraction of sp³-hybridized carbons (Fsp3) is 0.600. The molecule has 1 aromatic carbocycles. The van der Waals surface area contributed by atoms with Crippen molar-refractivity contribution in [3.63, 3.8) is 0 Å². The van der Waals surface area contributed by atoms with Crippen LogP contribution in [0, 0.1) is 5.41 Å². The molecule has 2 saturated heterocycles. The molecule has 6 nitrogen and oxygen atoms in total. The van der Waals surface area contributed by atoms with Gasteiger partial charge in [-0.05, 0) is 25.3 Å². The highest BCUT2D eigenvalue weighted by atomic mass is 16.5. The van der Waals surface area contributed by atoms with Crippen LogP contribution in [-0.4, -0.2) is 68.1 Å². The minimum absolute atomic E-state index is 0.0932. The van der Waals surface area contributed by atoms with Crippen molar-refractivity contribution in [3.05, 3.63) is 35.9 Å². The average molecular weight is 358 g/mol. The van der Waals surface area contributed by atoms with E-state index in [2.05, 4.69) is 27.3 Å². The molecule has 1 amide bonds. The van der Waals surface area contributed by atoms with E-state index in [0.29, 0.717) is 13.1 Å². The first-order valence-electron chi connectivity index (χ1n) is 9.51. The van der Waals surface area contributed by atoms with Gasteiger partial charge in [0.25, 0.3) is 0 Å². The van der Waals surface area contributed by atoms with Gasteiger partial charge in [-0.15, -0.1) is 0 Å². The van der Waals surface area contributed by atoms with E-state index in [9.17, 15) is 4.79 Å². The Morgan fingerprint density at radius 2 is 2.15 bits per heavy atom. The van der Waals surface area contributed by atoms with E-state index in [4.69, 9.17) is 4.74 Å². The highest BCUT2D eigenvalue weighted by Crippen LogP contribution is 2.38. The Hall–Kier alpha value is -2.08. The Kier molecular flexibility index (Phi) is 6.14. The molecule has 1 aromatic rings. The van der Waals surface area contributed by atoms with Crippen LogP contribution in [0.2, 0.25) is 0 Å². The van der Waals surface area contributed by atoms with Crippen molar-refractivity contribution >= 4 is 11.9 Å². The van der Waals surface area contributed by atoms with E-state index in [0.717, 1.165) is 50.7 Å². The maximum atomic E-state index is 12.6. The molecule has 2 heterocycles. The maximum Gasteiger partial charge on any atom is 0.242 e. The van der Waals surface area contributed by atoms with E-state index in [1.807, 2.05) is 30.0 Å². The molecule has 1 spiro atoms. The van der Waals surface area contributed by atoms with Crippen LogP contribution in [0.3, 0.4) is 0 Å². The SMILES string of the molecule is CCN(Cc1ccccc1)C(=O)CNC(=NC)N1CCC2(CCOC2)C1. The molecule has 1 atom stereocenters. The molecule has 2 fully saturated rings. The first-order chi connectivity index (χ1) is 12.7. The minimum Gasteiger partial charge on any atom is -0.381 e. The molecule has 26 heavy (non-hydrogen) atoms. The van der Waals surface area contributed by atoms with Gasteiger partial charge in [-0.1, -0.05) is 30.3 Å². The van der Waals surface area contributed by atoms with Gasteiger partial charge < -0.3 is 19.9 Å². The topological polar surface area (TPSA) is 57.2 Å². The van der Waals surface area contributed by atoms with Crippen molar-refractivity contribution in [2.75, 3.05) is 46.4 Å². The molecular weight excluding hydrogens is 328 g/mol.